The lowest BCUT2D eigenvalue weighted by atomic mass is 10.1. The van der Waals surface area contributed by atoms with Crippen LogP contribution in [0.15, 0.2) is 18.2 Å². The van der Waals surface area contributed by atoms with Crippen LogP contribution in [0.3, 0.4) is 0 Å². The highest BCUT2D eigenvalue weighted by Crippen LogP contribution is 2.28. The van der Waals surface area contributed by atoms with Gasteiger partial charge in [-0.05, 0) is 37.1 Å². The van der Waals surface area contributed by atoms with Crippen LogP contribution >= 0.6 is 23.2 Å². The molecule has 0 aliphatic carbocycles. The van der Waals surface area contributed by atoms with Gasteiger partial charge in [0.05, 0.1) is 10.7 Å². The van der Waals surface area contributed by atoms with Crippen molar-refractivity contribution in [1.29, 1.82) is 0 Å². The zero-order valence-electron chi connectivity index (χ0n) is 9.71. The summed E-state index contributed by atoms with van der Waals surface area (Å²) in [6.45, 7) is 3.82. The molecule has 0 saturated heterocycles. The lowest BCUT2D eigenvalue weighted by Gasteiger charge is -2.22. The topological polar surface area (TPSA) is 29.3 Å². The molecule has 90 valence electrons. The second-order valence-corrected chi connectivity index (χ2v) is 4.99. The van der Waals surface area contributed by atoms with E-state index in [1.165, 1.54) is 0 Å². The Labute approximate surface area is 107 Å². The molecule has 1 unspecified atom stereocenters. The summed E-state index contributed by atoms with van der Waals surface area (Å²) in [4.78, 5) is 2.13. The number of rotatable bonds is 5. The van der Waals surface area contributed by atoms with Crippen molar-refractivity contribution in [3.63, 3.8) is 0 Å². The van der Waals surface area contributed by atoms with E-state index < -0.39 is 0 Å². The second kappa shape index (κ2) is 6.33. The van der Waals surface area contributed by atoms with Crippen LogP contribution < -0.4 is 10.6 Å². The highest BCUT2D eigenvalue weighted by atomic mass is 35.5. The van der Waals surface area contributed by atoms with Gasteiger partial charge in [0.25, 0.3) is 0 Å². The van der Waals surface area contributed by atoms with Crippen LogP contribution in [0.2, 0.25) is 10.0 Å². The molecule has 0 spiro atoms. The lowest BCUT2D eigenvalue weighted by Crippen LogP contribution is -2.23. The van der Waals surface area contributed by atoms with Crippen LogP contribution in [0.5, 0.6) is 0 Å². The van der Waals surface area contributed by atoms with Crippen molar-refractivity contribution < 1.29 is 0 Å². The van der Waals surface area contributed by atoms with Gasteiger partial charge in [0.1, 0.15) is 0 Å². The standard InChI is InChI=1S/C12H18Cl2N2/c1-9(8-15)5-6-16(2)12-4-3-10(13)7-11(12)14/h3-4,7,9H,5-6,8,15H2,1-2H3. The fraction of sp³-hybridized carbons (Fsp3) is 0.500. The Bertz CT molecular complexity index is 342. The largest absolute Gasteiger partial charge is 0.373 e. The zero-order valence-corrected chi connectivity index (χ0v) is 11.2. The number of halogens is 2. The third-order valence-corrected chi connectivity index (χ3v) is 3.22. The molecule has 0 amide bonds. The third kappa shape index (κ3) is 3.85. The van der Waals surface area contributed by atoms with Crippen molar-refractivity contribution in [3.05, 3.63) is 28.2 Å². The molecule has 1 aromatic rings. The van der Waals surface area contributed by atoms with Crippen LogP contribution in [0, 0.1) is 5.92 Å². The molecule has 4 heteroatoms. The Morgan fingerprint density at radius 2 is 2.06 bits per heavy atom. The van der Waals surface area contributed by atoms with Crippen molar-refractivity contribution in [2.45, 2.75) is 13.3 Å². The van der Waals surface area contributed by atoms with Crippen LogP contribution in [0.1, 0.15) is 13.3 Å². The van der Waals surface area contributed by atoms with E-state index in [4.69, 9.17) is 28.9 Å². The first-order valence-electron chi connectivity index (χ1n) is 5.41. The Morgan fingerprint density at radius 3 is 2.62 bits per heavy atom. The van der Waals surface area contributed by atoms with Gasteiger partial charge in [-0.15, -0.1) is 0 Å². The van der Waals surface area contributed by atoms with Crippen LogP contribution in [-0.2, 0) is 0 Å². The highest BCUT2D eigenvalue weighted by molar-refractivity contribution is 6.36. The van der Waals surface area contributed by atoms with Gasteiger partial charge in [-0.3, -0.25) is 0 Å². The van der Waals surface area contributed by atoms with Gasteiger partial charge in [0.15, 0.2) is 0 Å². The van der Waals surface area contributed by atoms with E-state index in [0.29, 0.717) is 16.0 Å². The fourth-order valence-corrected chi connectivity index (χ4v) is 2.00. The maximum absolute atomic E-state index is 6.12. The molecule has 0 fully saturated rings. The van der Waals surface area contributed by atoms with E-state index in [1.54, 1.807) is 6.07 Å². The maximum atomic E-state index is 6.12. The molecule has 0 saturated carbocycles. The van der Waals surface area contributed by atoms with Gasteiger partial charge in [0, 0.05) is 18.6 Å². The van der Waals surface area contributed by atoms with Crippen molar-refractivity contribution in [2.75, 3.05) is 25.0 Å². The molecular formula is C12H18Cl2N2. The van der Waals surface area contributed by atoms with Crippen LogP contribution in [-0.4, -0.2) is 20.1 Å². The monoisotopic (exact) mass is 260 g/mol. The predicted molar refractivity (Wildman–Crippen MR) is 72.6 cm³/mol. The Morgan fingerprint density at radius 1 is 1.38 bits per heavy atom. The number of nitrogens with zero attached hydrogens (tertiary/aromatic N) is 1. The smallest absolute Gasteiger partial charge is 0.0654 e. The number of nitrogens with two attached hydrogens (primary N) is 1. The summed E-state index contributed by atoms with van der Waals surface area (Å²) in [6, 6.07) is 5.56. The Balaban J connectivity index is 2.62. The van der Waals surface area contributed by atoms with E-state index in [0.717, 1.165) is 25.2 Å². The number of benzene rings is 1. The Hall–Kier alpha value is -0.440. The SMILES string of the molecule is CC(CN)CCN(C)c1ccc(Cl)cc1Cl. The molecule has 2 nitrogen and oxygen atoms in total. The van der Waals surface area contributed by atoms with Crippen LogP contribution in [0.4, 0.5) is 5.69 Å². The van der Waals surface area contributed by atoms with E-state index in [-0.39, 0.29) is 0 Å². The molecule has 16 heavy (non-hydrogen) atoms. The molecule has 2 N–H and O–H groups in total. The van der Waals surface area contributed by atoms with Gasteiger partial charge >= 0.3 is 0 Å². The second-order valence-electron chi connectivity index (χ2n) is 4.15. The summed E-state index contributed by atoms with van der Waals surface area (Å²) >= 11 is 12.0. The van der Waals surface area contributed by atoms with Gasteiger partial charge in [-0.2, -0.15) is 0 Å². The molecule has 0 bridgehead atoms. The lowest BCUT2D eigenvalue weighted by molar-refractivity contribution is 0.545. The van der Waals surface area contributed by atoms with E-state index in [9.17, 15) is 0 Å². The minimum atomic E-state index is 0.536. The molecule has 0 aliphatic rings. The number of hydrogen-bond donors (Lipinski definition) is 1. The molecule has 0 aromatic heterocycles. The average Bonchev–Trinajstić information content (AvgIpc) is 2.25. The summed E-state index contributed by atoms with van der Waals surface area (Å²) in [5, 5.41) is 1.35. The summed E-state index contributed by atoms with van der Waals surface area (Å²) in [5.74, 6) is 0.536. The summed E-state index contributed by atoms with van der Waals surface area (Å²) in [6.07, 6.45) is 1.06. The quantitative estimate of drug-likeness (QED) is 0.880. The molecule has 0 heterocycles. The van der Waals surface area contributed by atoms with Crippen molar-refractivity contribution in [1.82, 2.24) is 0 Å². The molecule has 0 radical (unpaired) electrons. The maximum Gasteiger partial charge on any atom is 0.0654 e. The van der Waals surface area contributed by atoms with Crippen molar-refractivity contribution in [2.24, 2.45) is 11.7 Å². The molecule has 1 aromatic carbocycles. The minimum absolute atomic E-state index is 0.536. The first-order chi connectivity index (χ1) is 7.54. The van der Waals surface area contributed by atoms with Crippen molar-refractivity contribution >= 4 is 28.9 Å². The minimum Gasteiger partial charge on any atom is -0.373 e. The summed E-state index contributed by atoms with van der Waals surface area (Å²) in [7, 11) is 2.03. The molecule has 1 rings (SSSR count). The highest BCUT2D eigenvalue weighted by Gasteiger charge is 2.08. The van der Waals surface area contributed by atoms with E-state index >= 15 is 0 Å². The average molecular weight is 261 g/mol. The van der Waals surface area contributed by atoms with Gasteiger partial charge < -0.3 is 10.6 Å². The predicted octanol–water partition coefficient (Wildman–Crippen LogP) is 3.41. The van der Waals surface area contributed by atoms with E-state index in [2.05, 4.69) is 11.8 Å². The van der Waals surface area contributed by atoms with Crippen LogP contribution in [0.25, 0.3) is 0 Å². The Kier molecular flexibility index (Phi) is 5.39. The third-order valence-electron chi connectivity index (χ3n) is 2.68. The summed E-state index contributed by atoms with van der Waals surface area (Å²) < 4.78 is 0. The first-order valence-corrected chi connectivity index (χ1v) is 6.16. The zero-order chi connectivity index (χ0) is 12.1. The first kappa shape index (κ1) is 13.6. The van der Waals surface area contributed by atoms with E-state index in [1.807, 2.05) is 19.2 Å². The summed E-state index contributed by atoms with van der Waals surface area (Å²) in [5.41, 5.74) is 6.59. The van der Waals surface area contributed by atoms with Crippen molar-refractivity contribution in [3.8, 4) is 0 Å². The molecular weight excluding hydrogens is 243 g/mol. The van der Waals surface area contributed by atoms with Gasteiger partial charge in [-0.25, -0.2) is 0 Å². The molecule has 0 aliphatic heterocycles. The number of hydrogen-bond acceptors (Lipinski definition) is 2. The molecule has 1 atom stereocenters. The van der Waals surface area contributed by atoms with Gasteiger partial charge in [0.2, 0.25) is 0 Å². The fourth-order valence-electron chi connectivity index (χ4n) is 1.44. The number of anilines is 1. The normalized spacial score (nSPS) is 12.6. The van der Waals surface area contributed by atoms with Gasteiger partial charge in [-0.1, -0.05) is 30.1 Å².